The Morgan fingerprint density at radius 3 is 2.84 bits per heavy atom. The molecule has 0 aromatic carbocycles. The molecule has 1 heterocycles. The second-order valence-electron chi connectivity index (χ2n) is 5.31. The molecule has 3 nitrogen and oxygen atoms in total. The van der Waals surface area contributed by atoms with Crippen molar-refractivity contribution in [3.05, 3.63) is 29.3 Å². The highest BCUT2D eigenvalue weighted by atomic mass is 19.1. The van der Waals surface area contributed by atoms with E-state index in [1.807, 2.05) is 0 Å². The first-order valence-electron chi connectivity index (χ1n) is 7.12. The summed E-state index contributed by atoms with van der Waals surface area (Å²) in [4.78, 5) is 4.16. The molecular formula is C15H21FN2O. The van der Waals surface area contributed by atoms with E-state index in [2.05, 4.69) is 10.1 Å². The molecule has 1 aromatic rings. The predicted octanol–water partition coefficient (Wildman–Crippen LogP) is 3.93. The van der Waals surface area contributed by atoms with Crippen LogP contribution in [0.3, 0.4) is 0 Å². The number of oxime groups is 1. The van der Waals surface area contributed by atoms with Crippen LogP contribution in [0, 0.1) is 11.7 Å². The summed E-state index contributed by atoms with van der Waals surface area (Å²) in [5.41, 5.74) is 0.977. The van der Waals surface area contributed by atoms with Gasteiger partial charge in [0.15, 0.2) is 5.82 Å². The topological polar surface area (TPSA) is 45.5 Å². The van der Waals surface area contributed by atoms with Crippen LogP contribution in [0.1, 0.15) is 56.3 Å². The van der Waals surface area contributed by atoms with Crippen LogP contribution in [0.4, 0.5) is 4.39 Å². The summed E-state index contributed by atoms with van der Waals surface area (Å²) in [5, 5.41) is 11.3. The summed E-state index contributed by atoms with van der Waals surface area (Å²) in [6.45, 7) is 0. The zero-order valence-electron chi connectivity index (χ0n) is 11.2. The Labute approximate surface area is 113 Å². The summed E-state index contributed by atoms with van der Waals surface area (Å²) >= 11 is 0. The van der Waals surface area contributed by atoms with Crippen molar-refractivity contribution in [3.63, 3.8) is 0 Å². The Morgan fingerprint density at radius 2 is 2.11 bits per heavy atom. The quantitative estimate of drug-likeness (QED) is 0.497. The normalized spacial score (nSPS) is 17.1. The Hall–Kier alpha value is -1.45. The fourth-order valence-corrected chi connectivity index (χ4v) is 2.83. The largest absolute Gasteiger partial charge is 0.411 e. The lowest BCUT2D eigenvalue weighted by Crippen LogP contribution is -2.07. The summed E-state index contributed by atoms with van der Waals surface area (Å²) in [6.07, 6.45) is 11.1. The van der Waals surface area contributed by atoms with Crippen molar-refractivity contribution in [1.29, 1.82) is 0 Å². The number of hydrogen-bond donors (Lipinski definition) is 1. The minimum Gasteiger partial charge on any atom is -0.411 e. The zero-order valence-corrected chi connectivity index (χ0v) is 11.2. The third kappa shape index (κ3) is 4.30. The number of pyridine rings is 1. The Kier molecular flexibility index (Phi) is 5.31. The number of rotatable bonds is 5. The average Bonchev–Trinajstić information content (AvgIpc) is 2.44. The maximum atomic E-state index is 13.3. The molecule has 0 aliphatic heterocycles. The van der Waals surface area contributed by atoms with Crippen molar-refractivity contribution in [1.82, 2.24) is 4.98 Å². The van der Waals surface area contributed by atoms with E-state index in [0.717, 1.165) is 30.7 Å². The van der Waals surface area contributed by atoms with Gasteiger partial charge in [0.2, 0.25) is 0 Å². The van der Waals surface area contributed by atoms with Crippen molar-refractivity contribution >= 4 is 6.21 Å². The molecule has 0 unspecified atom stereocenters. The summed E-state index contributed by atoms with van der Waals surface area (Å²) < 4.78 is 13.3. The summed E-state index contributed by atoms with van der Waals surface area (Å²) in [5.74, 6) is 0.418. The van der Waals surface area contributed by atoms with E-state index in [9.17, 15) is 4.39 Å². The highest BCUT2D eigenvalue weighted by molar-refractivity contribution is 5.76. The second-order valence-corrected chi connectivity index (χ2v) is 5.31. The van der Waals surface area contributed by atoms with Crippen LogP contribution in [0.25, 0.3) is 0 Å². The van der Waals surface area contributed by atoms with Crippen LogP contribution < -0.4 is 0 Å². The van der Waals surface area contributed by atoms with Crippen LogP contribution in [-0.4, -0.2) is 16.4 Å². The van der Waals surface area contributed by atoms with Gasteiger partial charge in [0.1, 0.15) is 5.69 Å². The van der Waals surface area contributed by atoms with Gasteiger partial charge < -0.3 is 5.21 Å². The molecule has 0 saturated heterocycles. The molecule has 1 aromatic heterocycles. The first-order valence-corrected chi connectivity index (χ1v) is 7.12. The number of halogens is 1. The minimum atomic E-state index is -0.450. The van der Waals surface area contributed by atoms with Gasteiger partial charge in [-0.1, -0.05) is 43.7 Å². The highest BCUT2D eigenvalue weighted by Crippen LogP contribution is 2.27. The van der Waals surface area contributed by atoms with Crippen molar-refractivity contribution < 1.29 is 9.60 Å². The zero-order chi connectivity index (χ0) is 13.5. The molecular weight excluding hydrogens is 243 g/mol. The van der Waals surface area contributed by atoms with Crippen LogP contribution in [-0.2, 0) is 6.42 Å². The maximum Gasteiger partial charge on any atom is 0.150 e. The SMILES string of the molecule is ON=Cc1nc(CCCC2CCCCC2)ccc1F. The fraction of sp³-hybridized carbons (Fsp3) is 0.600. The van der Waals surface area contributed by atoms with E-state index < -0.39 is 5.82 Å². The second kappa shape index (κ2) is 7.22. The molecule has 1 N–H and O–H groups in total. The third-order valence-electron chi connectivity index (χ3n) is 3.88. The molecule has 19 heavy (non-hydrogen) atoms. The molecule has 1 aliphatic rings. The minimum absolute atomic E-state index is 0.109. The van der Waals surface area contributed by atoms with Gasteiger partial charge in [0, 0.05) is 5.69 Å². The first-order chi connectivity index (χ1) is 9.29. The number of nitrogens with zero attached hydrogens (tertiary/aromatic N) is 2. The Balaban J connectivity index is 1.83. The lowest BCUT2D eigenvalue weighted by molar-refractivity contribution is 0.321. The van der Waals surface area contributed by atoms with Gasteiger partial charge in [-0.25, -0.2) is 9.37 Å². The van der Waals surface area contributed by atoms with E-state index in [4.69, 9.17) is 5.21 Å². The number of aryl methyl sites for hydroxylation is 1. The highest BCUT2D eigenvalue weighted by Gasteiger charge is 2.13. The summed E-state index contributed by atoms with van der Waals surface area (Å²) in [6, 6.07) is 3.10. The van der Waals surface area contributed by atoms with Crippen LogP contribution in [0.2, 0.25) is 0 Å². The van der Waals surface area contributed by atoms with Crippen LogP contribution in [0.5, 0.6) is 0 Å². The molecule has 104 valence electrons. The van der Waals surface area contributed by atoms with Gasteiger partial charge in [0.05, 0.1) is 6.21 Å². The fourth-order valence-electron chi connectivity index (χ4n) is 2.83. The molecule has 0 amide bonds. The van der Waals surface area contributed by atoms with E-state index in [0.29, 0.717) is 0 Å². The van der Waals surface area contributed by atoms with Gasteiger partial charge in [0.25, 0.3) is 0 Å². The van der Waals surface area contributed by atoms with Gasteiger partial charge >= 0.3 is 0 Å². The molecule has 1 fully saturated rings. The van der Waals surface area contributed by atoms with E-state index >= 15 is 0 Å². The van der Waals surface area contributed by atoms with Gasteiger partial charge in [-0.05, 0) is 30.9 Å². The predicted molar refractivity (Wildman–Crippen MR) is 73.1 cm³/mol. The molecule has 0 bridgehead atoms. The lowest BCUT2D eigenvalue weighted by atomic mass is 9.85. The lowest BCUT2D eigenvalue weighted by Gasteiger charge is -2.21. The Bertz CT molecular complexity index is 428. The van der Waals surface area contributed by atoms with Gasteiger partial charge in [-0.2, -0.15) is 0 Å². The molecule has 1 saturated carbocycles. The maximum absolute atomic E-state index is 13.3. The third-order valence-corrected chi connectivity index (χ3v) is 3.88. The van der Waals surface area contributed by atoms with Gasteiger partial charge in [-0.15, -0.1) is 0 Å². The van der Waals surface area contributed by atoms with Gasteiger partial charge in [-0.3, -0.25) is 0 Å². The molecule has 0 spiro atoms. The smallest absolute Gasteiger partial charge is 0.150 e. The number of aromatic nitrogens is 1. The van der Waals surface area contributed by atoms with E-state index in [1.165, 1.54) is 44.6 Å². The van der Waals surface area contributed by atoms with Crippen molar-refractivity contribution in [2.45, 2.75) is 51.4 Å². The van der Waals surface area contributed by atoms with E-state index in [-0.39, 0.29) is 5.69 Å². The van der Waals surface area contributed by atoms with Crippen molar-refractivity contribution in [2.24, 2.45) is 11.1 Å². The van der Waals surface area contributed by atoms with Crippen molar-refractivity contribution in [3.8, 4) is 0 Å². The standard InChI is InChI=1S/C15H21FN2O/c16-14-10-9-13(18-15(14)11-17-19)8-4-7-12-5-2-1-3-6-12/h9-12,19H,1-8H2. The Morgan fingerprint density at radius 1 is 1.32 bits per heavy atom. The monoisotopic (exact) mass is 264 g/mol. The summed E-state index contributed by atoms with van der Waals surface area (Å²) in [7, 11) is 0. The molecule has 0 radical (unpaired) electrons. The molecule has 1 aliphatic carbocycles. The van der Waals surface area contributed by atoms with Crippen LogP contribution >= 0.6 is 0 Å². The van der Waals surface area contributed by atoms with Crippen LogP contribution in [0.15, 0.2) is 17.3 Å². The number of hydrogen-bond acceptors (Lipinski definition) is 3. The molecule has 4 heteroatoms. The van der Waals surface area contributed by atoms with Crippen molar-refractivity contribution in [2.75, 3.05) is 0 Å². The molecule has 2 rings (SSSR count). The molecule has 0 atom stereocenters. The first kappa shape index (κ1) is 14.0. The van der Waals surface area contributed by atoms with E-state index in [1.54, 1.807) is 6.07 Å². The average molecular weight is 264 g/mol.